The molecule has 1 N–H and O–H groups in total. The van der Waals surface area contributed by atoms with Crippen molar-refractivity contribution in [1.29, 1.82) is 0 Å². The van der Waals surface area contributed by atoms with Gasteiger partial charge >= 0.3 is 5.97 Å². The van der Waals surface area contributed by atoms with E-state index in [9.17, 15) is 9.90 Å². The number of aliphatic hydroxyl groups is 1. The summed E-state index contributed by atoms with van der Waals surface area (Å²) in [6, 6.07) is 0. The quantitative estimate of drug-likeness (QED) is 0.541. The molecule has 0 aliphatic heterocycles. The van der Waals surface area contributed by atoms with Gasteiger partial charge in [0.05, 0.1) is 5.60 Å². The maximum absolute atomic E-state index is 11.1. The van der Waals surface area contributed by atoms with Gasteiger partial charge in [-0.2, -0.15) is 0 Å². The molecule has 3 nitrogen and oxygen atoms in total. The topological polar surface area (TPSA) is 46.5 Å². The van der Waals surface area contributed by atoms with Gasteiger partial charge in [-0.05, 0) is 46.6 Å². The van der Waals surface area contributed by atoms with Gasteiger partial charge in [-0.3, -0.25) is 4.79 Å². The number of hydrogen-bond acceptors (Lipinski definition) is 3. The van der Waals surface area contributed by atoms with Gasteiger partial charge in [0.25, 0.3) is 0 Å². The number of allylic oxidation sites excluding steroid dienone is 2. The first-order chi connectivity index (χ1) is 9.16. The van der Waals surface area contributed by atoms with Crippen LogP contribution in [0.2, 0.25) is 0 Å². The Balaban J connectivity index is 4.51. The zero-order valence-corrected chi connectivity index (χ0v) is 13.4. The average molecular weight is 280 g/mol. The van der Waals surface area contributed by atoms with Crippen molar-refractivity contribution < 1.29 is 14.6 Å². The normalized spacial score (nSPS) is 16.0. The van der Waals surface area contributed by atoms with Gasteiger partial charge in [-0.1, -0.05) is 23.3 Å². The highest BCUT2D eigenvalue weighted by molar-refractivity contribution is 5.66. The lowest BCUT2D eigenvalue weighted by Crippen LogP contribution is -2.19. The number of esters is 1. The van der Waals surface area contributed by atoms with Gasteiger partial charge in [0.15, 0.2) is 0 Å². The minimum Gasteiger partial charge on any atom is -0.458 e. The maximum atomic E-state index is 11.1. The van der Waals surface area contributed by atoms with E-state index >= 15 is 0 Å². The zero-order valence-electron chi connectivity index (χ0n) is 13.4. The van der Waals surface area contributed by atoms with Crippen molar-refractivity contribution in [3.63, 3.8) is 0 Å². The molecular formula is C17H28O3. The highest BCUT2D eigenvalue weighted by Gasteiger charge is 2.14. The Hall–Kier alpha value is -1.35. The van der Waals surface area contributed by atoms with E-state index in [1.807, 2.05) is 26.8 Å². The van der Waals surface area contributed by atoms with Crippen LogP contribution in [0.5, 0.6) is 0 Å². The van der Waals surface area contributed by atoms with Crippen LogP contribution in [-0.4, -0.2) is 22.8 Å². The lowest BCUT2D eigenvalue weighted by atomic mass is 9.98. The Kier molecular flexibility index (Phi) is 8.16. The van der Waals surface area contributed by atoms with E-state index in [1.54, 1.807) is 13.0 Å². The second kappa shape index (κ2) is 8.75. The van der Waals surface area contributed by atoms with Crippen LogP contribution >= 0.6 is 0 Å². The molecular weight excluding hydrogens is 252 g/mol. The summed E-state index contributed by atoms with van der Waals surface area (Å²) in [5.74, 6) is -0.269. The van der Waals surface area contributed by atoms with Gasteiger partial charge in [-0.25, -0.2) is 0 Å². The third-order valence-corrected chi connectivity index (χ3v) is 2.94. The summed E-state index contributed by atoms with van der Waals surface area (Å²) in [5, 5.41) is 9.83. The molecule has 0 saturated carbocycles. The zero-order chi connectivity index (χ0) is 15.8. The Morgan fingerprint density at radius 2 is 1.95 bits per heavy atom. The summed E-state index contributed by atoms with van der Waals surface area (Å²) in [6.45, 7) is 12.8. The number of carbonyl (C=O) groups excluding carboxylic acids is 1. The molecule has 0 heterocycles. The fraction of sp³-hybridized carbons (Fsp3) is 0.588. The highest BCUT2D eigenvalue weighted by Crippen LogP contribution is 2.17. The minimum atomic E-state index is -0.827. The van der Waals surface area contributed by atoms with Crippen molar-refractivity contribution >= 4 is 5.97 Å². The second-order valence-electron chi connectivity index (χ2n) is 5.75. The van der Waals surface area contributed by atoms with Gasteiger partial charge in [0.1, 0.15) is 6.10 Å². The molecule has 20 heavy (non-hydrogen) atoms. The lowest BCUT2D eigenvalue weighted by molar-refractivity contribution is -0.144. The first-order valence-corrected chi connectivity index (χ1v) is 7.00. The molecule has 0 amide bonds. The predicted octanol–water partition coefficient (Wildman–Crippen LogP) is 3.94. The van der Waals surface area contributed by atoms with E-state index in [0.717, 1.165) is 17.6 Å². The minimum absolute atomic E-state index is 0.214. The molecule has 0 bridgehead atoms. The fourth-order valence-corrected chi connectivity index (χ4v) is 1.83. The van der Waals surface area contributed by atoms with Gasteiger partial charge in [0.2, 0.25) is 0 Å². The van der Waals surface area contributed by atoms with E-state index in [-0.39, 0.29) is 12.1 Å². The Morgan fingerprint density at radius 3 is 2.40 bits per heavy atom. The molecule has 0 saturated heterocycles. The maximum Gasteiger partial charge on any atom is 0.303 e. The average Bonchev–Trinajstić information content (AvgIpc) is 2.26. The van der Waals surface area contributed by atoms with Crippen LogP contribution in [-0.2, 0) is 9.53 Å². The molecule has 0 aliphatic carbocycles. The molecule has 0 aromatic rings. The second-order valence-corrected chi connectivity index (χ2v) is 5.75. The van der Waals surface area contributed by atoms with Crippen molar-refractivity contribution in [2.75, 3.05) is 0 Å². The molecule has 0 radical (unpaired) electrons. The number of rotatable bonds is 8. The van der Waals surface area contributed by atoms with Crippen LogP contribution in [0.15, 0.2) is 36.0 Å². The SMILES string of the molecule is C=C[C@@](C)(O)CC/C=C(\C)C[C@@H](C=C(C)C)OC(C)=O. The number of carbonyl (C=O) groups is 1. The summed E-state index contributed by atoms with van der Waals surface area (Å²) in [7, 11) is 0. The lowest BCUT2D eigenvalue weighted by Gasteiger charge is -2.17. The summed E-state index contributed by atoms with van der Waals surface area (Å²) in [6.07, 6.45) is 7.46. The third kappa shape index (κ3) is 9.56. The fourth-order valence-electron chi connectivity index (χ4n) is 1.83. The predicted molar refractivity (Wildman–Crippen MR) is 83.4 cm³/mol. The van der Waals surface area contributed by atoms with Crippen LogP contribution in [0.25, 0.3) is 0 Å². The highest BCUT2D eigenvalue weighted by atomic mass is 16.5. The standard InChI is InChI=1S/C17H28O3/c1-7-17(6,19)10-8-9-14(4)12-16(11-13(2)3)20-15(5)18/h7,9,11,16,19H,1,8,10,12H2,2-6H3/b14-9+/t16-,17-/m1/s1. The van der Waals surface area contributed by atoms with E-state index in [2.05, 4.69) is 12.7 Å². The molecule has 0 aromatic carbocycles. The van der Waals surface area contributed by atoms with E-state index in [4.69, 9.17) is 4.74 Å². The van der Waals surface area contributed by atoms with E-state index in [1.165, 1.54) is 6.92 Å². The van der Waals surface area contributed by atoms with Gasteiger partial charge in [-0.15, -0.1) is 6.58 Å². The molecule has 0 rings (SSSR count). The van der Waals surface area contributed by atoms with Crippen LogP contribution in [0.3, 0.4) is 0 Å². The largest absolute Gasteiger partial charge is 0.458 e. The molecule has 3 heteroatoms. The molecule has 114 valence electrons. The number of ether oxygens (including phenoxy) is 1. The summed E-state index contributed by atoms with van der Waals surface area (Å²) >= 11 is 0. The van der Waals surface area contributed by atoms with Crippen molar-refractivity contribution in [3.05, 3.63) is 36.0 Å². The molecule has 0 aliphatic rings. The Bertz CT molecular complexity index is 385. The smallest absolute Gasteiger partial charge is 0.303 e. The molecule has 0 unspecified atom stereocenters. The first kappa shape index (κ1) is 18.7. The third-order valence-electron chi connectivity index (χ3n) is 2.94. The first-order valence-electron chi connectivity index (χ1n) is 7.00. The molecule has 0 aromatic heterocycles. The van der Waals surface area contributed by atoms with Gasteiger partial charge < -0.3 is 9.84 Å². The van der Waals surface area contributed by atoms with E-state index < -0.39 is 5.60 Å². The Labute approximate surface area is 123 Å². The summed E-state index contributed by atoms with van der Waals surface area (Å²) in [4.78, 5) is 11.1. The van der Waals surface area contributed by atoms with Crippen molar-refractivity contribution in [1.82, 2.24) is 0 Å². The van der Waals surface area contributed by atoms with Gasteiger partial charge in [0, 0.05) is 13.3 Å². The van der Waals surface area contributed by atoms with Crippen LogP contribution < -0.4 is 0 Å². The monoisotopic (exact) mass is 280 g/mol. The van der Waals surface area contributed by atoms with E-state index in [0.29, 0.717) is 12.8 Å². The van der Waals surface area contributed by atoms with Crippen LogP contribution in [0, 0.1) is 0 Å². The van der Waals surface area contributed by atoms with Crippen LogP contribution in [0.1, 0.15) is 53.9 Å². The summed E-state index contributed by atoms with van der Waals surface area (Å²) in [5.41, 5.74) is 1.44. The molecule has 2 atom stereocenters. The summed E-state index contributed by atoms with van der Waals surface area (Å²) < 4.78 is 5.28. The number of hydrogen-bond donors (Lipinski definition) is 1. The Morgan fingerprint density at radius 1 is 1.35 bits per heavy atom. The van der Waals surface area contributed by atoms with Crippen molar-refractivity contribution in [2.24, 2.45) is 0 Å². The van der Waals surface area contributed by atoms with Crippen LogP contribution in [0.4, 0.5) is 0 Å². The molecule has 0 fully saturated rings. The van der Waals surface area contributed by atoms with Crippen molar-refractivity contribution in [3.8, 4) is 0 Å². The van der Waals surface area contributed by atoms with Crippen molar-refractivity contribution in [2.45, 2.75) is 65.6 Å². The molecule has 0 spiro atoms.